The summed E-state index contributed by atoms with van der Waals surface area (Å²) in [5.74, 6) is -0.375. The number of fused-ring (bicyclic) bond motifs is 1. The van der Waals surface area contributed by atoms with Gasteiger partial charge in [-0.3, -0.25) is 0 Å². The van der Waals surface area contributed by atoms with Crippen LogP contribution in [0.3, 0.4) is 0 Å². The van der Waals surface area contributed by atoms with E-state index in [-0.39, 0.29) is 44.2 Å². The van der Waals surface area contributed by atoms with Crippen molar-refractivity contribution in [2.75, 3.05) is 13.2 Å². The van der Waals surface area contributed by atoms with Gasteiger partial charge in [-0.2, -0.15) is 0 Å². The second kappa shape index (κ2) is 37.4. The van der Waals surface area contributed by atoms with Gasteiger partial charge in [-0.25, -0.2) is 19.2 Å². The largest absolute Gasteiger partial charge is 0.494 e. The summed E-state index contributed by atoms with van der Waals surface area (Å²) in [7, 11) is 0. The van der Waals surface area contributed by atoms with Crippen molar-refractivity contribution in [1.29, 1.82) is 0 Å². The molecule has 0 N–H and O–H groups in total. The Morgan fingerprint density at radius 1 is 0.357 bits per heavy atom. The second-order valence-electron chi connectivity index (χ2n) is 21.8. The first-order valence-corrected chi connectivity index (χ1v) is 31.5. The normalized spacial score (nSPS) is 11.6. The van der Waals surface area contributed by atoms with Crippen molar-refractivity contribution >= 4 is 70.0 Å². The van der Waals surface area contributed by atoms with Crippen molar-refractivity contribution in [3.8, 4) is 34.5 Å². The molecule has 6 aromatic rings. The van der Waals surface area contributed by atoms with E-state index in [1.54, 1.807) is 62.4 Å². The fourth-order valence-electron chi connectivity index (χ4n) is 9.65. The Bertz CT molecular complexity index is 2870. The zero-order valence-corrected chi connectivity index (χ0v) is 51.4. The fourth-order valence-corrected chi connectivity index (χ4v) is 10.1. The molecule has 84 heavy (non-hydrogen) atoms. The Labute approximate surface area is 509 Å². The van der Waals surface area contributed by atoms with Crippen LogP contribution >= 0.6 is 23.2 Å². The average Bonchev–Trinajstić information content (AvgIpc) is 3.69. The Morgan fingerprint density at radius 2 is 0.679 bits per heavy atom. The van der Waals surface area contributed by atoms with E-state index >= 15 is 0 Å². The van der Waals surface area contributed by atoms with Crippen LogP contribution in [0.2, 0.25) is 10.0 Å². The van der Waals surface area contributed by atoms with Gasteiger partial charge in [-0.05, 0) is 146 Å². The van der Waals surface area contributed by atoms with Crippen LogP contribution in [-0.2, 0) is 9.59 Å². The standard InChI is InChI=1S/C72H86Cl2O10/c1-5-7-9-11-13-15-17-19-21-23-25-27-45-79-61-37-29-55(30-38-61)47-53(3)69(75)83-67-43-35-58(51-65(67)73)71(77)81-63-41-33-57-34-42-64(50-60(57)49-63)82-72(78)59-36-44-68(66(74)52-59)84-70(76)54(4)48-56-31-39-62(40-32-56)80-46-28-26-24-22-20-18-16-14-12-10-8-6-2/h29-44,47-52H,5-28,45-46H2,1-4H3/b53-47+,54-48+. The SMILES string of the molecule is CCCCCCCCCCCCCCOc1ccc(/C=C(\C)C(=O)Oc2ccc(C(=O)Oc3ccc4ccc(OC(=O)c5ccc(OC(=O)/C(C)=C/c6ccc(OCCCCCCCCCCCCCC)cc6)c(Cl)c5)cc4c3)cc2Cl)cc1. The van der Waals surface area contributed by atoms with Gasteiger partial charge >= 0.3 is 23.9 Å². The van der Waals surface area contributed by atoms with Crippen molar-refractivity contribution in [2.24, 2.45) is 0 Å². The topological polar surface area (TPSA) is 124 Å². The number of hydrogen-bond donors (Lipinski definition) is 0. The summed E-state index contributed by atoms with van der Waals surface area (Å²) in [6.07, 6.45) is 34.5. The summed E-state index contributed by atoms with van der Waals surface area (Å²) in [4.78, 5) is 52.8. The fraction of sp³-hybridized carbons (Fsp3) is 0.417. The molecule has 10 nitrogen and oxygen atoms in total. The number of ether oxygens (including phenoxy) is 6. The zero-order chi connectivity index (χ0) is 59.7. The minimum absolute atomic E-state index is 0.0490. The predicted octanol–water partition coefficient (Wildman–Crippen LogP) is 20.8. The van der Waals surface area contributed by atoms with E-state index < -0.39 is 23.9 Å². The van der Waals surface area contributed by atoms with E-state index in [9.17, 15) is 19.2 Å². The van der Waals surface area contributed by atoms with E-state index in [4.69, 9.17) is 51.6 Å². The molecule has 0 amide bonds. The highest BCUT2D eigenvalue weighted by Gasteiger charge is 2.18. The second-order valence-corrected chi connectivity index (χ2v) is 22.6. The quantitative estimate of drug-likeness (QED) is 0.0160. The molecular formula is C72H86Cl2O10. The summed E-state index contributed by atoms with van der Waals surface area (Å²) < 4.78 is 34.5. The van der Waals surface area contributed by atoms with Crippen LogP contribution in [0.15, 0.2) is 132 Å². The molecule has 0 aliphatic carbocycles. The first-order valence-electron chi connectivity index (χ1n) is 30.7. The third-order valence-corrected chi connectivity index (χ3v) is 15.2. The molecule has 0 saturated carbocycles. The number of esters is 4. The number of hydrogen-bond acceptors (Lipinski definition) is 10. The number of unbranched alkanes of at least 4 members (excludes halogenated alkanes) is 22. The van der Waals surface area contributed by atoms with Gasteiger partial charge in [0, 0.05) is 11.1 Å². The van der Waals surface area contributed by atoms with Crippen LogP contribution < -0.4 is 28.4 Å². The van der Waals surface area contributed by atoms with Gasteiger partial charge < -0.3 is 28.4 Å². The van der Waals surface area contributed by atoms with Crippen LogP contribution in [0.5, 0.6) is 34.5 Å². The maximum Gasteiger partial charge on any atom is 0.343 e. The number of carbonyl (C=O) groups excluding carboxylic acids is 4. The molecule has 448 valence electrons. The smallest absolute Gasteiger partial charge is 0.343 e. The molecule has 6 aromatic carbocycles. The van der Waals surface area contributed by atoms with Gasteiger partial charge in [0.1, 0.15) is 34.5 Å². The van der Waals surface area contributed by atoms with E-state index in [1.165, 1.54) is 178 Å². The summed E-state index contributed by atoms with van der Waals surface area (Å²) in [6, 6.07) is 33.8. The summed E-state index contributed by atoms with van der Waals surface area (Å²) in [5.41, 5.74) is 2.61. The lowest BCUT2D eigenvalue weighted by Crippen LogP contribution is -2.11. The first kappa shape index (κ1) is 66.3. The molecule has 0 aliphatic heterocycles. The average molecular weight is 1180 g/mol. The predicted molar refractivity (Wildman–Crippen MR) is 341 cm³/mol. The Kier molecular flexibility index (Phi) is 29.5. The number of halogens is 2. The van der Waals surface area contributed by atoms with Crippen molar-refractivity contribution in [2.45, 2.75) is 182 Å². The first-order chi connectivity index (χ1) is 40.9. The molecular weight excluding hydrogens is 1100 g/mol. The molecule has 12 heteroatoms. The molecule has 0 unspecified atom stereocenters. The molecule has 0 atom stereocenters. The minimum atomic E-state index is -0.693. The third-order valence-electron chi connectivity index (χ3n) is 14.6. The van der Waals surface area contributed by atoms with E-state index in [0.717, 1.165) is 40.9 Å². The molecule has 6 rings (SSSR count). The van der Waals surface area contributed by atoms with Crippen molar-refractivity contribution < 1.29 is 47.6 Å². The molecule has 0 fully saturated rings. The molecule has 0 bridgehead atoms. The Hall–Kier alpha value is -6.88. The Morgan fingerprint density at radius 3 is 1.01 bits per heavy atom. The maximum atomic E-state index is 13.3. The summed E-state index contributed by atoms with van der Waals surface area (Å²) in [6.45, 7) is 9.18. The van der Waals surface area contributed by atoms with Gasteiger partial charge in [0.15, 0.2) is 0 Å². The minimum Gasteiger partial charge on any atom is -0.494 e. The maximum absolute atomic E-state index is 13.3. The third kappa shape index (κ3) is 24.0. The molecule has 0 saturated heterocycles. The van der Waals surface area contributed by atoms with Gasteiger partial charge in [0.05, 0.1) is 34.4 Å². The lowest BCUT2D eigenvalue weighted by atomic mass is 10.1. The highest BCUT2D eigenvalue weighted by molar-refractivity contribution is 6.33. The molecule has 0 heterocycles. The van der Waals surface area contributed by atoms with E-state index in [0.29, 0.717) is 29.7 Å². The number of carbonyl (C=O) groups is 4. The van der Waals surface area contributed by atoms with Gasteiger partial charge in [0.25, 0.3) is 0 Å². The molecule has 0 aromatic heterocycles. The van der Waals surface area contributed by atoms with Gasteiger partial charge in [0.2, 0.25) is 0 Å². The molecule has 0 aliphatic rings. The molecule has 0 spiro atoms. The van der Waals surface area contributed by atoms with Crippen LogP contribution in [-0.4, -0.2) is 37.1 Å². The lowest BCUT2D eigenvalue weighted by molar-refractivity contribution is -0.130. The monoisotopic (exact) mass is 1180 g/mol. The van der Waals surface area contributed by atoms with Crippen LogP contribution in [0.25, 0.3) is 22.9 Å². The van der Waals surface area contributed by atoms with Crippen LogP contribution in [0, 0.1) is 0 Å². The highest BCUT2D eigenvalue weighted by Crippen LogP contribution is 2.31. The van der Waals surface area contributed by atoms with Gasteiger partial charge in [-0.15, -0.1) is 0 Å². The van der Waals surface area contributed by atoms with Crippen molar-refractivity contribution in [3.63, 3.8) is 0 Å². The number of benzene rings is 6. The van der Waals surface area contributed by atoms with Gasteiger partial charge in [-0.1, -0.05) is 215 Å². The Balaban J connectivity index is 0.899. The summed E-state index contributed by atoms with van der Waals surface area (Å²) in [5, 5.41) is 1.52. The zero-order valence-electron chi connectivity index (χ0n) is 49.9. The molecule has 0 radical (unpaired) electrons. The number of rotatable bonds is 38. The van der Waals surface area contributed by atoms with E-state index in [1.807, 2.05) is 48.5 Å². The van der Waals surface area contributed by atoms with E-state index in [2.05, 4.69) is 13.8 Å². The highest BCUT2D eigenvalue weighted by atomic mass is 35.5. The van der Waals surface area contributed by atoms with Crippen molar-refractivity contribution in [3.05, 3.63) is 165 Å². The lowest BCUT2D eigenvalue weighted by Gasteiger charge is -2.10. The summed E-state index contributed by atoms with van der Waals surface area (Å²) >= 11 is 13.0. The van der Waals surface area contributed by atoms with Crippen molar-refractivity contribution in [1.82, 2.24) is 0 Å². The van der Waals surface area contributed by atoms with Crippen LogP contribution in [0.4, 0.5) is 0 Å². The van der Waals surface area contributed by atoms with Crippen LogP contribution in [0.1, 0.15) is 214 Å².